The average molecular weight is 261 g/mol. The van der Waals surface area contributed by atoms with Crippen molar-refractivity contribution in [2.24, 2.45) is 0 Å². The van der Waals surface area contributed by atoms with Crippen molar-refractivity contribution in [1.82, 2.24) is 0 Å². The molecule has 0 saturated heterocycles. The number of rotatable bonds is 2. The van der Waals surface area contributed by atoms with Crippen LogP contribution in [0.4, 0.5) is 0 Å². The van der Waals surface area contributed by atoms with Crippen molar-refractivity contribution in [2.45, 2.75) is 4.90 Å². The van der Waals surface area contributed by atoms with Crippen LogP contribution in [0, 0.1) is 0 Å². The molecule has 15 heavy (non-hydrogen) atoms. The van der Waals surface area contributed by atoms with Gasteiger partial charge in [-0.15, -0.1) is 0 Å². The molecule has 0 bridgehead atoms. The lowest BCUT2D eigenvalue weighted by Gasteiger charge is -2.03. The molecule has 0 saturated carbocycles. The van der Waals surface area contributed by atoms with Gasteiger partial charge in [0.25, 0.3) is 0 Å². The van der Waals surface area contributed by atoms with Crippen molar-refractivity contribution in [3.63, 3.8) is 0 Å². The van der Waals surface area contributed by atoms with Crippen LogP contribution in [0.15, 0.2) is 28.5 Å². The van der Waals surface area contributed by atoms with E-state index in [1.54, 1.807) is 30.0 Å². The zero-order chi connectivity index (χ0) is 11.1. The highest BCUT2D eigenvalue weighted by atomic mass is 35.5. The van der Waals surface area contributed by atoms with Gasteiger partial charge in [0.15, 0.2) is 0 Å². The first-order valence-electron chi connectivity index (χ1n) is 4.30. The number of benzene rings is 1. The Morgan fingerprint density at radius 2 is 2.13 bits per heavy atom. The predicted molar refractivity (Wildman–Crippen MR) is 65.0 cm³/mol. The van der Waals surface area contributed by atoms with Gasteiger partial charge in [-0.3, -0.25) is 0 Å². The smallest absolute Gasteiger partial charge is 0.202 e. The molecule has 1 aliphatic rings. The van der Waals surface area contributed by atoms with Crippen LogP contribution in [0.3, 0.4) is 0 Å². The Morgan fingerprint density at radius 3 is 2.80 bits per heavy atom. The van der Waals surface area contributed by atoms with Crippen LogP contribution in [0.1, 0.15) is 5.56 Å². The molecule has 0 atom stereocenters. The average Bonchev–Trinajstić information content (AvgIpc) is 2.40. The van der Waals surface area contributed by atoms with E-state index in [-0.39, 0.29) is 4.90 Å². The van der Waals surface area contributed by atoms with Crippen molar-refractivity contribution >= 4 is 38.8 Å². The van der Waals surface area contributed by atoms with E-state index >= 15 is 0 Å². The highest BCUT2D eigenvalue weighted by molar-refractivity contribution is 7.99. The molecule has 0 fully saturated rings. The summed E-state index contributed by atoms with van der Waals surface area (Å²) in [5.41, 5.74) is 1.58. The number of sulfone groups is 1. The molecule has 0 N–H and O–H groups in total. The Hall–Kier alpha value is -0.450. The lowest BCUT2D eigenvalue weighted by Crippen LogP contribution is -1.94. The first-order chi connectivity index (χ1) is 7.06. The molecule has 0 aliphatic carbocycles. The Kier molecular flexibility index (Phi) is 2.83. The third-order valence-corrected chi connectivity index (χ3v) is 4.83. The molecule has 1 aromatic rings. The molecule has 2 nitrogen and oxygen atoms in total. The highest BCUT2D eigenvalue weighted by Gasteiger charge is 2.28. The monoisotopic (exact) mass is 260 g/mol. The maximum atomic E-state index is 11.8. The van der Waals surface area contributed by atoms with Crippen molar-refractivity contribution in [3.05, 3.63) is 34.2 Å². The molecular weight excluding hydrogens is 252 g/mol. The van der Waals surface area contributed by atoms with Gasteiger partial charge in [-0.1, -0.05) is 23.7 Å². The summed E-state index contributed by atoms with van der Waals surface area (Å²) in [5, 5.41) is 1.62. The summed E-state index contributed by atoms with van der Waals surface area (Å²) < 4.78 is 23.6. The Labute approximate surface area is 98.2 Å². The summed E-state index contributed by atoms with van der Waals surface area (Å²) >= 11 is 7.49. The second-order valence-corrected chi connectivity index (χ2v) is 6.24. The maximum Gasteiger partial charge on any atom is 0.202 e. The number of hydrogen-bond acceptors (Lipinski definition) is 3. The predicted octanol–water partition coefficient (Wildman–Crippen LogP) is 2.83. The minimum Gasteiger partial charge on any atom is -0.219 e. The summed E-state index contributed by atoms with van der Waals surface area (Å²) in [4.78, 5) is 0.260. The van der Waals surface area contributed by atoms with Crippen LogP contribution >= 0.6 is 23.4 Å². The first-order valence-corrected chi connectivity index (χ1v) is 7.61. The van der Waals surface area contributed by atoms with Gasteiger partial charge in [-0.2, -0.15) is 11.8 Å². The summed E-state index contributed by atoms with van der Waals surface area (Å²) in [6.07, 6.45) is 1.94. The van der Waals surface area contributed by atoms with Gasteiger partial charge >= 0.3 is 0 Å². The maximum absolute atomic E-state index is 11.8. The molecule has 1 aliphatic heterocycles. The van der Waals surface area contributed by atoms with Crippen molar-refractivity contribution in [1.29, 1.82) is 0 Å². The van der Waals surface area contributed by atoms with Gasteiger partial charge in [0, 0.05) is 11.2 Å². The zero-order valence-corrected chi connectivity index (χ0v) is 10.4. The fourth-order valence-electron chi connectivity index (χ4n) is 1.63. The number of halogens is 1. The van der Waals surface area contributed by atoms with Crippen LogP contribution in [0.5, 0.6) is 0 Å². The Morgan fingerprint density at radius 1 is 1.40 bits per heavy atom. The van der Waals surface area contributed by atoms with Gasteiger partial charge in [0.1, 0.15) is 0 Å². The Balaban J connectivity index is 2.68. The van der Waals surface area contributed by atoms with Crippen LogP contribution in [0.25, 0.3) is 5.57 Å². The molecular formula is C10H9ClO2S2. The highest BCUT2D eigenvalue weighted by Crippen LogP contribution is 2.38. The van der Waals surface area contributed by atoms with E-state index in [1.807, 2.05) is 6.26 Å². The summed E-state index contributed by atoms with van der Waals surface area (Å²) in [7, 11) is -3.31. The van der Waals surface area contributed by atoms with Crippen molar-refractivity contribution in [3.8, 4) is 0 Å². The van der Waals surface area contributed by atoms with E-state index in [1.165, 1.54) is 5.41 Å². The third kappa shape index (κ3) is 1.82. The summed E-state index contributed by atoms with van der Waals surface area (Å²) in [5.74, 6) is 0.687. The van der Waals surface area contributed by atoms with Crippen molar-refractivity contribution < 1.29 is 8.42 Å². The molecule has 1 heterocycles. The lowest BCUT2D eigenvalue weighted by molar-refractivity contribution is 0.605. The van der Waals surface area contributed by atoms with Gasteiger partial charge < -0.3 is 0 Å². The molecule has 5 heteroatoms. The SMILES string of the molecule is CSCC1=CS(=O)(=O)c2c(Cl)cccc21. The second-order valence-electron chi connectivity index (χ2n) is 3.24. The number of fused-ring (bicyclic) bond motifs is 1. The van der Waals surface area contributed by atoms with E-state index in [2.05, 4.69) is 0 Å². The number of hydrogen-bond donors (Lipinski definition) is 0. The molecule has 0 unspecified atom stereocenters. The zero-order valence-electron chi connectivity index (χ0n) is 8.03. The largest absolute Gasteiger partial charge is 0.219 e. The summed E-state index contributed by atoms with van der Waals surface area (Å²) in [6, 6.07) is 5.18. The normalized spacial score (nSPS) is 17.3. The van der Waals surface area contributed by atoms with Gasteiger partial charge in [0.05, 0.1) is 9.92 Å². The van der Waals surface area contributed by atoms with E-state index < -0.39 is 9.84 Å². The third-order valence-electron chi connectivity index (χ3n) is 2.19. The van der Waals surface area contributed by atoms with E-state index in [0.717, 1.165) is 11.1 Å². The minimum atomic E-state index is -3.31. The van der Waals surface area contributed by atoms with Gasteiger partial charge in [-0.25, -0.2) is 8.42 Å². The molecule has 0 amide bonds. The summed E-state index contributed by atoms with van der Waals surface area (Å²) in [6.45, 7) is 0. The van der Waals surface area contributed by atoms with Crippen LogP contribution in [-0.2, 0) is 9.84 Å². The van der Waals surface area contributed by atoms with Crippen molar-refractivity contribution in [2.75, 3.05) is 12.0 Å². The van der Waals surface area contributed by atoms with E-state index in [0.29, 0.717) is 10.8 Å². The van der Waals surface area contributed by atoms with Gasteiger partial charge in [0.2, 0.25) is 9.84 Å². The van der Waals surface area contributed by atoms with Crippen LogP contribution in [0.2, 0.25) is 5.02 Å². The molecule has 2 rings (SSSR count). The minimum absolute atomic E-state index is 0.260. The standard InChI is InChI=1S/C10H9ClO2S2/c1-14-5-7-6-15(12,13)10-8(7)3-2-4-9(10)11/h2-4,6H,5H2,1H3. The van der Waals surface area contributed by atoms with Gasteiger partial charge in [-0.05, 0) is 23.5 Å². The molecule has 0 radical (unpaired) electrons. The fraction of sp³-hybridized carbons (Fsp3) is 0.200. The number of thioether (sulfide) groups is 1. The molecule has 0 spiro atoms. The quantitative estimate of drug-likeness (QED) is 0.820. The molecule has 1 aromatic carbocycles. The lowest BCUT2D eigenvalue weighted by atomic mass is 10.1. The molecule has 0 aromatic heterocycles. The first kappa shape index (κ1) is 11.0. The second kappa shape index (κ2) is 3.85. The van der Waals surface area contributed by atoms with Crippen LogP contribution < -0.4 is 0 Å². The fourth-order valence-corrected chi connectivity index (χ4v) is 4.33. The van der Waals surface area contributed by atoms with Crippen LogP contribution in [-0.4, -0.2) is 20.4 Å². The Bertz CT molecular complexity index is 532. The van der Waals surface area contributed by atoms with E-state index in [9.17, 15) is 8.42 Å². The van der Waals surface area contributed by atoms with E-state index in [4.69, 9.17) is 11.6 Å². The molecule has 80 valence electrons. The topological polar surface area (TPSA) is 34.1 Å².